The summed E-state index contributed by atoms with van der Waals surface area (Å²) in [5, 5.41) is 51.0. The Labute approximate surface area is 156 Å². The first-order valence-electron chi connectivity index (χ1n) is 8.03. The van der Waals surface area contributed by atoms with Crippen LogP contribution in [0.2, 0.25) is 0 Å². The van der Waals surface area contributed by atoms with Crippen molar-refractivity contribution >= 4 is 11.9 Å². The normalized spacial score (nSPS) is 10.6. The van der Waals surface area contributed by atoms with E-state index in [1.165, 1.54) is 24.3 Å². The molecule has 10 heteroatoms. The summed E-state index contributed by atoms with van der Waals surface area (Å²) in [6.07, 6.45) is 0. The second-order valence-electron chi connectivity index (χ2n) is 5.43. The number of carbonyl (C=O) groups excluding carboxylic acids is 2. The van der Waals surface area contributed by atoms with Crippen LogP contribution in [0.25, 0.3) is 0 Å². The molecule has 6 N–H and O–H groups in total. The minimum Gasteiger partial charge on any atom is -0.460 e. The second kappa shape index (κ2) is 14.0. The van der Waals surface area contributed by atoms with E-state index in [9.17, 15) is 9.59 Å². The maximum atomic E-state index is 11.4. The molecule has 0 aliphatic rings. The van der Waals surface area contributed by atoms with Gasteiger partial charge >= 0.3 is 11.9 Å². The minimum absolute atomic E-state index is 0.0703. The molecule has 1 aromatic rings. The highest BCUT2D eigenvalue weighted by molar-refractivity contribution is 5.93. The predicted octanol–water partition coefficient (Wildman–Crippen LogP) is -2.07. The molecule has 0 saturated heterocycles. The summed E-state index contributed by atoms with van der Waals surface area (Å²) in [4.78, 5) is 22.7. The van der Waals surface area contributed by atoms with Crippen LogP contribution in [-0.4, -0.2) is 95.4 Å². The molecule has 10 nitrogen and oxygen atoms in total. The number of ether oxygens (including phenoxy) is 2. The van der Waals surface area contributed by atoms with Gasteiger partial charge in [-0.3, -0.25) is 0 Å². The number of hydrogen-bond donors (Lipinski definition) is 6. The van der Waals surface area contributed by atoms with Crippen molar-refractivity contribution in [2.24, 2.45) is 5.41 Å². The highest BCUT2D eigenvalue weighted by atomic mass is 16.5. The Morgan fingerprint density at radius 3 is 1.15 bits per heavy atom. The van der Waals surface area contributed by atoms with Crippen molar-refractivity contribution in [3.05, 3.63) is 35.4 Å². The van der Waals surface area contributed by atoms with E-state index >= 15 is 0 Å². The molecule has 27 heavy (non-hydrogen) atoms. The lowest BCUT2D eigenvalue weighted by Gasteiger charge is -2.23. The van der Waals surface area contributed by atoms with Crippen LogP contribution < -0.4 is 0 Å². The third kappa shape index (κ3) is 8.91. The van der Waals surface area contributed by atoms with Gasteiger partial charge in [-0.25, -0.2) is 9.59 Å². The summed E-state index contributed by atoms with van der Waals surface area (Å²) in [6.45, 7) is -2.24. The fourth-order valence-electron chi connectivity index (χ4n) is 1.49. The van der Waals surface area contributed by atoms with Crippen LogP contribution in [0.3, 0.4) is 0 Å². The number of hydrogen-bond acceptors (Lipinski definition) is 10. The quantitative estimate of drug-likeness (QED) is 0.243. The largest absolute Gasteiger partial charge is 0.460 e. The zero-order chi connectivity index (χ0) is 20.7. The van der Waals surface area contributed by atoms with E-state index in [0.29, 0.717) is 0 Å². The van der Waals surface area contributed by atoms with Gasteiger partial charge in [0.1, 0.15) is 13.2 Å². The van der Waals surface area contributed by atoms with Gasteiger partial charge in [-0.15, -0.1) is 0 Å². The van der Waals surface area contributed by atoms with Crippen LogP contribution in [0.1, 0.15) is 20.7 Å². The summed E-state index contributed by atoms with van der Waals surface area (Å²) < 4.78 is 9.41. The van der Waals surface area contributed by atoms with Crippen molar-refractivity contribution < 1.29 is 49.7 Å². The predicted molar refractivity (Wildman–Crippen MR) is 92.0 cm³/mol. The third-order valence-corrected chi connectivity index (χ3v) is 3.35. The van der Waals surface area contributed by atoms with Gasteiger partial charge in [0.25, 0.3) is 0 Å². The fraction of sp³-hybridized carbons (Fsp3) is 0.529. The molecule has 0 bridgehead atoms. The molecule has 1 rings (SSSR count). The van der Waals surface area contributed by atoms with Crippen LogP contribution >= 0.6 is 0 Å². The molecule has 0 atom stereocenters. The summed E-state index contributed by atoms with van der Waals surface area (Å²) in [5.74, 6) is -1.14. The lowest BCUT2D eigenvalue weighted by molar-refractivity contribution is -0.0328. The number of esters is 2. The maximum absolute atomic E-state index is 11.4. The van der Waals surface area contributed by atoms with Gasteiger partial charge in [-0.05, 0) is 24.3 Å². The Balaban J connectivity index is 0.000000636. The summed E-state index contributed by atoms with van der Waals surface area (Å²) >= 11 is 0. The van der Waals surface area contributed by atoms with Gasteiger partial charge in [0.2, 0.25) is 0 Å². The van der Waals surface area contributed by atoms with Crippen LogP contribution in [0.15, 0.2) is 24.3 Å². The lowest BCUT2D eigenvalue weighted by Crippen LogP contribution is -2.37. The summed E-state index contributed by atoms with van der Waals surface area (Å²) in [5.41, 5.74) is -0.552. The minimum atomic E-state index is -1.11. The fourth-order valence-corrected chi connectivity index (χ4v) is 1.49. The number of aliphatic hydroxyl groups excluding tert-OH is 6. The number of carbonyl (C=O) groups is 2. The summed E-state index contributed by atoms with van der Waals surface area (Å²) in [7, 11) is 0. The average molecular weight is 390 g/mol. The SMILES string of the molecule is O=C(OCCO)c1ccc(C(=O)OCCO)cc1.OCC(CO)(CO)CO. The van der Waals surface area contributed by atoms with Crippen LogP contribution in [0.5, 0.6) is 0 Å². The highest BCUT2D eigenvalue weighted by Crippen LogP contribution is 2.12. The van der Waals surface area contributed by atoms with Crippen molar-refractivity contribution in [2.45, 2.75) is 0 Å². The smallest absolute Gasteiger partial charge is 0.338 e. The van der Waals surface area contributed by atoms with Crippen LogP contribution in [0, 0.1) is 5.41 Å². The average Bonchev–Trinajstić information content (AvgIpc) is 2.73. The monoisotopic (exact) mass is 390 g/mol. The molecule has 0 spiro atoms. The maximum Gasteiger partial charge on any atom is 0.338 e. The van der Waals surface area contributed by atoms with Crippen molar-refractivity contribution in [3.8, 4) is 0 Å². The van der Waals surface area contributed by atoms with Gasteiger partial charge < -0.3 is 40.1 Å². The standard InChI is InChI=1S/C12H14O6.C5H12O4/c13-5-7-17-11(15)9-1-2-10(4-3-9)12(16)18-8-6-14;6-1-5(2-7,3-8)4-9/h1-4,13-14H,5-8H2;6-9H,1-4H2. The molecule has 0 aromatic heterocycles. The summed E-state index contributed by atoms with van der Waals surface area (Å²) in [6, 6.07) is 5.70. The Morgan fingerprint density at radius 2 is 0.963 bits per heavy atom. The first kappa shape index (κ1) is 24.9. The molecule has 0 fully saturated rings. The third-order valence-electron chi connectivity index (χ3n) is 3.35. The number of benzene rings is 1. The van der Waals surface area contributed by atoms with Crippen LogP contribution in [-0.2, 0) is 9.47 Å². The molecule has 154 valence electrons. The lowest BCUT2D eigenvalue weighted by atomic mass is 9.93. The van der Waals surface area contributed by atoms with E-state index in [1.807, 2.05) is 0 Å². The molecule has 0 unspecified atom stereocenters. The molecule has 1 aromatic carbocycles. The van der Waals surface area contributed by atoms with E-state index < -0.39 is 43.8 Å². The molecular formula is C17H26O10. The topological polar surface area (TPSA) is 174 Å². The number of rotatable bonds is 10. The molecule has 0 heterocycles. The Bertz CT molecular complexity index is 483. The molecular weight excluding hydrogens is 364 g/mol. The zero-order valence-electron chi connectivity index (χ0n) is 14.8. The van der Waals surface area contributed by atoms with Gasteiger partial charge in [-0.2, -0.15) is 0 Å². The van der Waals surface area contributed by atoms with E-state index in [4.69, 9.17) is 40.1 Å². The molecule has 0 radical (unpaired) electrons. The van der Waals surface area contributed by atoms with Crippen molar-refractivity contribution in [2.75, 3.05) is 52.9 Å². The van der Waals surface area contributed by atoms with E-state index in [2.05, 4.69) is 0 Å². The number of aliphatic hydroxyl groups is 6. The molecule has 0 aliphatic carbocycles. The van der Waals surface area contributed by atoms with E-state index in [-0.39, 0.29) is 37.6 Å². The molecule has 0 aliphatic heterocycles. The zero-order valence-corrected chi connectivity index (χ0v) is 14.8. The van der Waals surface area contributed by atoms with Gasteiger partial charge in [0.05, 0.1) is 56.2 Å². The van der Waals surface area contributed by atoms with Crippen molar-refractivity contribution in [1.82, 2.24) is 0 Å². The first-order valence-corrected chi connectivity index (χ1v) is 8.03. The van der Waals surface area contributed by atoms with Crippen LogP contribution in [0.4, 0.5) is 0 Å². The second-order valence-corrected chi connectivity index (χ2v) is 5.43. The molecule has 0 saturated carbocycles. The Morgan fingerprint density at radius 1 is 0.667 bits per heavy atom. The highest BCUT2D eigenvalue weighted by Gasteiger charge is 2.26. The Kier molecular flexibility index (Phi) is 13.0. The van der Waals surface area contributed by atoms with Crippen molar-refractivity contribution in [3.63, 3.8) is 0 Å². The Hall–Kier alpha value is -2.08. The van der Waals surface area contributed by atoms with Crippen molar-refractivity contribution in [1.29, 1.82) is 0 Å². The van der Waals surface area contributed by atoms with E-state index in [1.54, 1.807) is 0 Å². The van der Waals surface area contributed by atoms with Gasteiger partial charge in [-0.1, -0.05) is 0 Å². The van der Waals surface area contributed by atoms with Gasteiger partial charge in [0.15, 0.2) is 0 Å². The van der Waals surface area contributed by atoms with Gasteiger partial charge in [0, 0.05) is 0 Å². The molecule has 0 amide bonds. The first-order chi connectivity index (χ1) is 12.9. The van der Waals surface area contributed by atoms with E-state index in [0.717, 1.165) is 0 Å².